The van der Waals surface area contributed by atoms with Gasteiger partial charge in [-0.05, 0) is 5.75 Å². The van der Waals surface area contributed by atoms with Crippen LogP contribution in [-0.2, 0) is 0 Å². The highest BCUT2D eigenvalue weighted by Gasteiger charge is 1.94. The quantitative estimate of drug-likeness (QED) is 0.574. The summed E-state index contributed by atoms with van der Waals surface area (Å²) in [7, 11) is 0. The Morgan fingerprint density at radius 2 is 2.17 bits per heavy atom. The monoisotopic (exact) mass is 143 g/mol. The molecular formula is C3H5Cl2S. The molecule has 0 bridgehead atoms. The Bertz CT molecular complexity index is 30.0. The van der Waals surface area contributed by atoms with E-state index in [4.69, 9.17) is 23.2 Å². The van der Waals surface area contributed by atoms with E-state index in [1.165, 1.54) is 11.8 Å². The van der Waals surface area contributed by atoms with Gasteiger partial charge in [0, 0.05) is 0 Å². The van der Waals surface area contributed by atoms with Crippen molar-refractivity contribution < 1.29 is 0 Å². The molecule has 0 fully saturated rings. The third-order valence-electron chi connectivity index (χ3n) is 0.253. The van der Waals surface area contributed by atoms with Crippen molar-refractivity contribution in [3.8, 4) is 0 Å². The third-order valence-corrected chi connectivity index (χ3v) is 1.41. The first-order valence-electron chi connectivity index (χ1n) is 1.58. The van der Waals surface area contributed by atoms with Crippen molar-refractivity contribution in [3.63, 3.8) is 0 Å². The lowest BCUT2D eigenvalue weighted by molar-refractivity contribution is 1.53. The summed E-state index contributed by atoms with van der Waals surface area (Å²) < 4.78 is 0.400. The smallest absolute Gasteiger partial charge is 0.120 e. The van der Waals surface area contributed by atoms with Crippen molar-refractivity contribution >= 4 is 35.0 Å². The van der Waals surface area contributed by atoms with E-state index in [2.05, 4.69) is 0 Å². The Morgan fingerprint density at radius 1 is 1.67 bits per heavy atom. The Kier molecular flexibility index (Phi) is 4.73. The van der Waals surface area contributed by atoms with Crippen molar-refractivity contribution in [2.75, 3.05) is 5.75 Å². The lowest BCUT2D eigenvalue weighted by Gasteiger charge is -1.89. The summed E-state index contributed by atoms with van der Waals surface area (Å²) in [6.07, 6.45) is 0. The molecule has 37 valence electrons. The van der Waals surface area contributed by atoms with E-state index in [1.807, 2.05) is 6.92 Å². The lowest BCUT2D eigenvalue weighted by atomic mass is 11.0. The van der Waals surface area contributed by atoms with Gasteiger partial charge in [0.1, 0.15) is 0 Å². The van der Waals surface area contributed by atoms with E-state index in [9.17, 15) is 0 Å². The first-order valence-corrected chi connectivity index (χ1v) is 3.32. The molecule has 0 aromatic rings. The van der Waals surface area contributed by atoms with Gasteiger partial charge in [0.05, 0.1) is 0 Å². The van der Waals surface area contributed by atoms with Crippen LogP contribution in [0.1, 0.15) is 6.92 Å². The standard InChI is InChI=1S/C3H5Cl2S/c1-2-6-3(4)5/h2H2,1H3. The van der Waals surface area contributed by atoms with Gasteiger partial charge < -0.3 is 0 Å². The highest BCUT2D eigenvalue weighted by Crippen LogP contribution is 2.26. The van der Waals surface area contributed by atoms with E-state index >= 15 is 0 Å². The first-order chi connectivity index (χ1) is 2.77. The summed E-state index contributed by atoms with van der Waals surface area (Å²) in [4.78, 5) is 0. The number of thioether (sulfide) groups is 1. The van der Waals surface area contributed by atoms with Gasteiger partial charge in [-0.3, -0.25) is 0 Å². The van der Waals surface area contributed by atoms with Gasteiger partial charge in [-0.15, -0.1) is 11.8 Å². The molecule has 0 saturated heterocycles. The van der Waals surface area contributed by atoms with Gasteiger partial charge in [-0.2, -0.15) is 0 Å². The summed E-state index contributed by atoms with van der Waals surface area (Å²) in [5.74, 6) is 0.947. The van der Waals surface area contributed by atoms with Crippen LogP contribution in [-0.4, -0.2) is 5.75 Å². The fourth-order valence-corrected chi connectivity index (χ4v) is 0.982. The van der Waals surface area contributed by atoms with Crippen LogP contribution in [0.15, 0.2) is 0 Å². The zero-order valence-corrected chi connectivity index (χ0v) is 5.70. The third kappa shape index (κ3) is 4.93. The van der Waals surface area contributed by atoms with Gasteiger partial charge in [-0.1, -0.05) is 30.1 Å². The molecular weight excluding hydrogens is 139 g/mol. The zero-order chi connectivity index (χ0) is 4.99. The van der Waals surface area contributed by atoms with Gasteiger partial charge >= 0.3 is 0 Å². The van der Waals surface area contributed by atoms with Crippen LogP contribution in [0.4, 0.5) is 0 Å². The van der Waals surface area contributed by atoms with Crippen molar-refractivity contribution in [2.45, 2.75) is 6.92 Å². The highest BCUT2D eigenvalue weighted by molar-refractivity contribution is 8.04. The maximum absolute atomic E-state index is 5.22. The SMILES string of the molecule is CCS[C](Cl)Cl. The van der Waals surface area contributed by atoms with E-state index < -0.39 is 0 Å². The van der Waals surface area contributed by atoms with Gasteiger partial charge in [0.2, 0.25) is 4.17 Å². The Morgan fingerprint density at radius 3 is 2.17 bits per heavy atom. The van der Waals surface area contributed by atoms with Crippen LogP contribution in [0.5, 0.6) is 0 Å². The molecule has 0 aromatic heterocycles. The number of hydrogen-bond donors (Lipinski definition) is 0. The lowest BCUT2D eigenvalue weighted by Crippen LogP contribution is -1.64. The maximum atomic E-state index is 5.22. The molecule has 0 aliphatic rings. The molecule has 1 radical (unpaired) electrons. The molecule has 3 heteroatoms. The second kappa shape index (κ2) is 4.10. The molecule has 6 heavy (non-hydrogen) atoms. The summed E-state index contributed by atoms with van der Waals surface area (Å²) in [5, 5.41) is 0. The highest BCUT2D eigenvalue weighted by atomic mass is 35.5. The minimum Gasteiger partial charge on any atom is -0.120 e. The van der Waals surface area contributed by atoms with Crippen LogP contribution in [0.25, 0.3) is 0 Å². The van der Waals surface area contributed by atoms with E-state index in [-0.39, 0.29) is 0 Å². The fourth-order valence-electron chi connectivity index (χ4n) is 0.109. The van der Waals surface area contributed by atoms with E-state index in [1.54, 1.807) is 0 Å². The van der Waals surface area contributed by atoms with Gasteiger partial charge in [0.15, 0.2) is 0 Å². The van der Waals surface area contributed by atoms with Crippen LogP contribution in [0, 0.1) is 4.17 Å². The molecule has 0 saturated carbocycles. The predicted octanol–water partition coefficient (Wildman–Crippen LogP) is 2.66. The Hall–Kier alpha value is 0.930. The van der Waals surface area contributed by atoms with Crippen LogP contribution < -0.4 is 0 Å². The molecule has 0 unspecified atom stereocenters. The second-order valence-electron chi connectivity index (χ2n) is 0.659. The average Bonchev–Trinajstić information content (AvgIpc) is 1.35. The average molecular weight is 144 g/mol. The number of halogens is 2. The summed E-state index contributed by atoms with van der Waals surface area (Å²) in [6, 6.07) is 0. The Balaban J connectivity index is 2.63. The largest absolute Gasteiger partial charge is 0.205 e. The molecule has 0 atom stereocenters. The molecule has 0 aliphatic carbocycles. The number of hydrogen-bond acceptors (Lipinski definition) is 1. The molecule has 0 aliphatic heterocycles. The van der Waals surface area contributed by atoms with E-state index in [0.29, 0.717) is 4.17 Å². The molecule has 0 aromatic carbocycles. The summed E-state index contributed by atoms with van der Waals surface area (Å²) >= 11 is 11.9. The normalized spacial score (nSPS) is 10.0. The second-order valence-corrected chi connectivity index (χ2v) is 3.33. The minimum atomic E-state index is 0.400. The maximum Gasteiger partial charge on any atom is 0.205 e. The number of rotatable bonds is 2. The van der Waals surface area contributed by atoms with Crippen LogP contribution in [0.2, 0.25) is 0 Å². The van der Waals surface area contributed by atoms with E-state index in [0.717, 1.165) is 5.75 Å². The molecule has 0 rings (SSSR count). The van der Waals surface area contributed by atoms with Crippen molar-refractivity contribution in [1.82, 2.24) is 0 Å². The first kappa shape index (κ1) is 6.93. The van der Waals surface area contributed by atoms with Gasteiger partial charge in [-0.25, -0.2) is 0 Å². The molecule has 0 heterocycles. The topological polar surface area (TPSA) is 0 Å². The van der Waals surface area contributed by atoms with Crippen molar-refractivity contribution in [2.24, 2.45) is 0 Å². The predicted molar refractivity (Wildman–Crippen MR) is 33.1 cm³/mol. The molecule has 0 N–H and O–H groups in total. The summed E-state index contributed by atoms with van der Waals surface area (Å²) in [5.41, 5.74) is 0. The van der Waals surface area contributed by atoms with Crippen LogP contribution in [0.3, 0.4) is 0 Å². The molecule has 0 spiro atoms. The van der Waals surface area contributed by atoms with Crippen molar-refractivity contribution in [3.05, 3.63) is 4.17 Å². The fraction of sp³-hybridized carbons (Fsp3) is 0.667. The van der Waals surface area contributed by atoms with Crippen molar-refractivity contribution in [1.29, 1.82) is 0 Å². The molecule has 0 nitrogen and oxygen atoms in total. The van der Waals surface area contributed by atoms with Gasteiger partial charge in [0.25, 0.3) is 0 Å². The van der Waals surface area contributed by atoms with Crippen LogP contribution >= 0.6 is 35.0 Å². The summed E-state index contributed by atoms with van der Waals surface area (Å²) in [6.45, 7) is 2.00. The molecule has 0 amide bonds. The zero-order valence-electron chi connectivity index (χ0n) is 3.37. The Labute approximate surface area is 52.2 Å². The minimum absolute atomic E-state index is 0.400.